The molecule has 0 amide bonds. The van der Waals surface area contributed by atoms with Crippen molar-refractivity contribution in [1.82, 2.24) is 0 Å². The lowest BCUT2D eigenvalue weighted by atomic mass is 9.98. The van der Waals surface area contributed by atoms with E-state index in [1.54, 1.807) is 22.7 Å². The molecule has 2 nitrogen and oxygen atoms in total. The highest BCUT2D eigenvalue weighted by molar-refractivity contribution is 7.11. The minimum atomic E-state index is 0.911. The minimum Gasteiger partial charge on any atom is -0.454 e. The molecule has 2 aliphatic rings. The molecule has 5 rings (SSSR count). The SMILES string of the molecule is C[N+]1=CC(=C2C=C(c3cccs3)OC(c3cccs3)=C2)c2ccccc21. The van der Waals surface area contributed by atoms with Crippen LogP contribution < -0.4 is 0 Å². The third-order valence-electron chi connectivity index (χ3n) is 4.53. The number of allylic oxidation sites excluding steroid dienone is 4. The molecule has 26 heavy (non-hydrogen) atoms. The highest BCUT2D eigenvalue weighted by Gasteiger charge is 2.27. The zero-order chi connectivity index (χ0) is 17.5. The molecule has 0 unspecified atom stereocenters. The van der Waals surface area contributed by atoms with E-state index in [9.17, 15) is 0 Å². The fourth-order valence-corrected chi connectivity index (χ4v) is 4.66. The minimum absolute atomic E-state index is 0.911. The summed E-state index contributed by atoms with van der Waals surface area (Å²) in [5.41, 5.74) is 4.91. The first-order valence-electron chi connectivity index (χ1n) is 8.40. The molecular formula is C22H16NOS2+. The van der Waals surface area contributed by atoms with Gasteiger partial charge in [-0.25, -0.2) is 4.58 Å². The highest BCUT2D eigenvalue weighted by Crippen LogP contribution is 2.39. The summed E-state index contributed by atoms with van der Waals surface area (Å²) in [6, 6.07) is 16.9. The Labute approximate surface area is 160 Å². The third kappa shape index (κ3) is 2.59. The second-order valence-electron chi connectivity index (χ2n) is 6.20. The van der Waals surface area contributed by atoms with Crippen LogP contribution in [0.5, 0.6) is 0 Å². The van der Waals surface area contributed by atoms with E-state index in [0.29, 0.717) is 0 Å². The van der Waals surface area contributed by atoms with E-state index in [0.717, 1.165) is 21.3 Å². The van der Waals surface area contributed by atoms with Gasteiger partial charge in [0, 0.05) is 6.07 Å². The van der Waals surface area contributed by atoms with E-state index in [-0.39, 0.29) is 0 Å². The Balaban J connectivity index is 1.72. The monoisotopic (exact) mass is 374 g/mol. The summed E-state index contributed by atoms with van der Waals surface area (Å²) in [5, 5.41) is 4.17. The Morgan fingerprint density at radius 2 is 1.46 bits per heavy atom. The average molecular weight is 375 g/mol. The van der Waals surface area contributed by atoms with Gasteiger partial charge in [0.15, 0.2) is 6.21 Å². The van der Waals surface area contributed by atoms with Gasteiger partial charge in [0.1, 0.15) is 18.6 Å². The molecule has 0 radical (unpaired) electrons. The molecule has 126 valence electrons. The lowest BCUT2D eigenvalue weighted by Crippen LogP contribution is -1.99. The molecule has 0 N–H and O–H groups in total. The third-order valence-corrected chi connectivity index (χ3v) is 6.30. The number of nitrogens with zero attached hydrogens (tertiary/aromatic N) is 1. The van der Waals surface area contributed by atoms with Crippen molar-refractivity contribution in [2.24, 2.45) is 0 Å². The summed E-state index contributed by atoms with van der Waals surface area (Å²) in [4.78, 5) is 2.29. The smallest absolute Gasteiger partial charge is 0.213 e. The maximum absolute atomic E-state index is 6.26. The molecule has 3 aromatic rings. The lowest BCUT2D eigenvalue weighted by Gasteiger charge is -2.17. The van der Waals surface area contributed by atoms with E-state index in [2.05, 4.69) is 89.3 Å². The number of hydrogen-bond donors (Lipinski definition) is 0. The Morgan fingerprint density at radius 3 is 2.08 bits per heavy atom. The number of ether oxygens (including phenoxy) is 1. The van der Waals surface area contributed by atoms with E-state index in [1.807, 2.05) is 0 Å². The van der Waals surface area contributed by atoms with E-state index < -0.39 is 0 Å². The van der Waals surface area contributed by atoms with E-state index in [4.69, 9.17) is 4.74 Å². The molecule has 0 bridgehead atoms. The van der Waals surface area contributed by atoms with Crippen LogP contribution >= 0.6 is 22.7 Å². The number of para-hydroxylation sites is 1. The van der Waals surface area contributed by atoms with Gasteiger partial charge in [-0.2, -0.15) is 0 Å². The molecule has 0 atom stereocenters. The molecule has 0 saturated carbocycles. The van der Waals surface area contributed by atoms with Crippen LogP contribution in [-0.2, 0) is 4.74 Å². The Bertz CT molecular complexity index is 1040. The van der Waals surface area contributed by atoms with Gasteiger partial charge < -0.3 is 4.74 Å². The van der Waals surface area contributed by atoms with Crippen molar-refractivity contribution in [2.75, 3.05) is 7.05 Å². The fraction of sp³-hybridized carbons (Fsp3) is 0.0455. The zero-order valence-corrected chi connectivity index (χ0v) is 15.8. The summed E-state index contributed by atoms with van der Waals surface area (Å²) in [6.07, 6.45) is 6.52. The first kappa shape index (κ1) is 15.6. The Kier molecular flexibility index (Phi) is 3.73. The number of hydrogen-bond acceptors (Lipinski definition) is 3. The predicted molar refractivity (Wildman–Crippen MR) is 111 cm³/mol. The van der Waals surface area contributed by atoms with Gasteiger partial charge in [0.25, 0.3) is 0 Å². The van der Waals surface area contributed by atoms with Crippen LogP contribution in [0, 0.1) is 0 Å². The van der Waals surface area contributed by atoms with Crippen molar-refractivity contribution in [1.29, 1.82) is 0 Å². The summed E-state index contributed by atoms with van der Waals surface area (Å²) in [7, 11) is 2.10. The molecule has 1 aromatic carbocycles. The van der Waals surface area contributed by atoms with Gasteiger partial charge in [0.2, 0.25) is 5.69 Å². The normalized spacial score (nSPS) is 16.0. The van der Waals surface area contributed by atoms with Crippen LogP contribution in [0.25, 0.3) is 17.1 Å². The fourth-order valence-electron chi connectivity index (χ4n) is 3.31. The highest BCUT2D eigenvalue weighted by atomic mass is 32.1. The van der Waals surface area contributed by atoms with Crippen LogP contribution in [0.2, 0.25) is 0 Å². The molecule has 0 fully saturated rings. The number of rotatable bonds is 2. The second kappa shape index (κ2) is 6.24. The van der Waals surface area contributed by atoms with Crippen LogP contribution in [-0.4, -0.2) is 17.8 Å². The molecular weight excluding hydrogens is 358 g/mol. The van der Waals surface area contributed by atoms with Gasteiger partial charge in [-0.1, -0.05) is 24.3 Å². The first-order chi connectivity index (χ1) is 12.8. The molecule has 0 spiro atoms. The number of fused-ring (bicyclic) bond motifs is 1. The molecule has 4 heteroatoms. The van der Waals surface area contributed by atoms with Crippen LogP contribution in [0.3, 0.4) is 0 Å². The lowest BCUT2D eigenvalue weighted by molar-refractivity contribution is -0.395. The maximum atomic E-state index is 6.26. The predicted octanol–water partition coefficient (Wildman–Crippen LogP) is 6.03. The quantitative estimate of drug-likeness (QED) is 0.499. The number of thiophene rings is 2. The standard InChI is InChI=1S/C22H16NOS2/c1-23-14-17(16-6-2-3-7-18(16)23)15-12-19(21-8-4-10-25-21)24-20(13-15)22-9-5-11-26-22/h2-14H,1H3/q+1. The molecule has 2 aromatic heterocycles. The number of benzene rings is 1. The van der Waals surface area contributed by atoms with Gasteiger partial charge in [-0.15, -0.1) is 22.7 Å². The van der Waals surface area contributed by atoms with Gasteiger partial charge >= 0.3 is 0 Å². The summed E-state index contributed by atoms with van der Waals surface area (Å²) < 4.78 is 8.45. The summed E-state index contributed by atoms with van der Waals surface area (Å²) >= 11 is 3.40. The van der Waals surface area contributed by atoms with E-state index in [1.165, 1.54) is 22.4 Å². The Morgan fingerprint density at radius 1 is 0.808 bits per heavy atom. The van der Waals surface area contributed by atoms with Crippen LogP contribution in [0.15, 0.2) is 77.0 Å². The largest absolute Gasteiger partial charge is 0.454 e. The van der Waals surface area contributed by atoms with Gasteiger partial charge in [-0.3, -0.25) is 0 Å². The summed E-state index contributed by atoms with van der Waals surface area (Å²) in [5.74, 6) is 1.82. The molecule has 0 saturated heterocycles. The van der Waals surface area contributed by atoms with Crippen LogP contribution in [0.1, 0.15) is 15.3 Å². The molecule has 0 aliphatic carbocycles. The average Bonchev–Trinajstić information content (AvgIpc) is 3.43. The Hall–Kier alpha value is -2.69. The summed E-state index contributed by atoms with van der Waals surface area (Å²) in [6.45, 7) is 0. The maximum Gasteiger partial charge on any atom is 0.213 e. The van der Waals surface area contributed by atoms with Crippen molar-refractivity contribution < 1.29 is 9.31 Å². The first-order valence-corrected chi connectivity index (χ1v) is 10.2. The van der Waals surface area contributed by atoms with Crippen molar-refractivity contribution in [2.45, 2.75) is 0 Å². The molecule has 2 aliphatic heterocycles. The van der Waals surface area contributed by atoms with Gasteiger partial charge in [0.05, 0.1) is 20.9 Å². The van der Waals surface area contributed by atoms with Crippen molar-refractivity contribution in [3.8, 4) is 0 Å². The molecule has 4 heterocycles. The van der Waals surface area contributed by atoms with Crippen molar-refractivity contribution in [3.63, 3.8) is 0 Å². The van der Waals surface area contributed by atoms with Crippen molar-refractivity contribution in [3.05, 3.63) is 92.3 Å². The van der Waals surface area contributed by atoms with Crippen molar-refractivity contribution >= 4 is 51.7 Å². The van der Waals surface area contributed by atoms with E-state index >= 15 is 0 Å². The van der Waals surface area contributed by atoms with Crippen LogP contribution in [0.4, 0.5) is 5.69 Å². The van der Waals surface area contributed by atoms with Gasteiger partial charge in [-0.05, 0) is 46.7 Å². The topological polar surface area (TPSA) is 12.2 Å². The second-order valence-corrected chi connectivity index (χ2v) is 8.10. The zero-order valence-electron chi connectivity index (χ0n) is 14.2.